The van der Waals surface area contributed by atoms with Crippen molar-refractivity contribution in [3.8, 4) is 6.07 Å². The molecule has 1 N–H and O–H groups in total. The van der Waals surface area contributed by atoms with Crippen molar-refractivity contribution in [1.29, 1.82) is 5.26 Å². The minimum atomic E-state index is -3.89. The fraction of sp³-hybridized carbons (Fsp3) is 0.333. The molecule has 0 unspecified atom stereocenters. The maximum absolute atomic E-state index is 12.7. The second-order valence-corrected chi connectivity index (χ2v) is 8.68. The molecule has 0 aliphatic carbocycles. The monoisotopic (exact) mass is 400 g/mol. The number of aryl methyl sites for hydroxylation is 2. The van der Waals surface area contributed by atoms with Crippen molar-refractivity contribution < 1.29 is 17.9 Å². The van der Waals surface area contributed by atoms with Crippen molar-refractivity contribution in [2.45, 2.75) is 45.2 Å². The Balaban J connectivity index is 2.17. The highest BCUT2D eigenvalue weighted by Gasteiger charge is 2.30. The third-order valence-electron chi connectivity index (χ3n) is 4.50. The van der Waals surface area contributed by atoms with Gasteiger partial charge in [0.15, 0.2) is 0 Å². The molecule has 0 aliphatic heterocycles. The zero-order chi connectivity index (χ0) is 20.9. The van der Waals surface area contributed by atoms with Crippen LogP contribution in [0.1, 0.15) is 36.1 Å². The van der Waals surface area contributed by atoms with E-state index in [1.807, 2.05) is 19.9 Å². The molecule has 148 valence electrons. The first-order chi connectivity index (χ1) is 13.2. The predicted molar refractivity (Wildman–Crippen MR) is 106 cm³/mol. The number of nitrogens with one attached hydrogen (secondary N) is 1. The lowest BCUT2D eigenvalue weighted by Gasteiger charge is -2.21. The number of hydrogen-bond acceptors (Lipinski definition) is 5. The van der Waals surface area contributed by atoms with Crippen molar-refractivity contribution in [2.24, 2.45) is 5.92 Å². The highest BCUT2D eigenvalue weighted by atomic mass is 32.2. The van der Waals surface area contributed by atoms with Crippen LogP contribution in [0.3, 0.4) is 0 Å². The Bertz CT molecular complexity index is 1010. The van der Waals surface area contributed by atoms with E-state index < -0.39 is 22.0 Å². The Labute approximate surface area is 166 Å². The maximum Gasteiger partial charge on any atom is 0.324 e. The molecule has 0 radical (unpaired) electrons. The highest BCUT2D eigenvalue weighted by molar-refractivity contribution is 7.89. The molecule has 2 rings (SSSR count). The zero-order valence-corrected chi connectivity index (χ0v) is 17.2. The van der Waals surface area contributed by atoms with Crippen molar-refractivity contribution in [1.82, 2.24) is 4.72 Å². The molecular weight excluding hydrogens is 376 g/mol. The summed E-state index contributed by atoms with van der Waals surface area (Å²) in [6.07, 6.45) is 0. The number of nitriles is 1. The van der Waals surface area contributed by atoms with Gasteiger partial charge in [-0.15, -0.1) is 0 Å². The summed E-state index contributed by atoms with van der Waals surface area (Å²) in [6, 6.07) is 12.6. The molecule has 0 saturated carbocycles. The number of ether oxygens (including phenoxy) is 1. The highest BCUT2D eigenvalue weighted by Crippen LogP contribution is 2.17. The Morgan fingerprint density at radius 3 is 2.43 bits per heavy atom. The molecule has 0 aromatic heterocycles. The number of esters is 1. The second kappa shape index (κ2) is 9.00. The van der Waals surface area contributed by atoms with Crippen LogP contribution in [-0.2, 0) is 26.2 Å². The van der Waals surface area contributed by atoms with Gasteiger partial charge in [-0.1, -0.05) is 38.1 Å². The Morgan fingerprint density at radius 1 is 1.14 bits per heavy atom. The Morgan fingerprint density at radius 2 is 1.82 bits per heavy atom. The summed E-state index contributed by atoms with van der Waals surface area (Å²) >= 11 is 0. The van der Waals surface area contributed by atoms with Crippen molar-refractivity contribution in [2.75, 3.05) is 0 Å². The van der Waals surface area contributed by atoms with E-state index in [0.29, 0.717) is 11.1 Å². The molecule has 6 nitrogen and oxygen atoms in total. The number of hydrogen-bond donors (Lipinski definition) is 1. The molecule has 0 spiro atoms. The number of nitrogens with zero attached hydrogens (tertiary/aromatic N) is 1. The average molecular weight is 401 g/mol. The molecule has 7 heteroatoms. The van der Waals surface area contributed by atoms with Crippen LogP contribution in [0.25, 0.3) is 0 Å². The summed E-state index contributed by atoms with van der Waals surface area (Å²) in [5.74, 6) is -1.00. The number of carbonyl (C=O) groups excluding carboxylic acids is 1. The summed E-state index contributed by atoms with van der Waals surface area (Å²) in [7, 11) is -3.89. The van der Waals surface area contributed by atoms with Crippen LogP contribution in [0.15, 0.2) is 47.4 Å². The van der Waals surface area contributed by atoms with Crippen molar-refractivity contribution in [3.05, 3.63) is 64.7 Å². The van der Waals surface area contributed by atoms with Crippen LogP contribution >= 0.6 is 0 Å². The standard InChI is InChI=1S/C21H24N2O4S/c1-14(2)20(21(24)27-13-18-8-6-5-7-17(18)12-22)23-28(25,26)19-10-9-15(3)16(4)11-19/h5-11,14,20,23H,13H2,1-4H3/t20-/m0/s1. The first kappa shape index (κ1) is 21.6. The van der Waals surface area contributed by atoms with Gasteiger partial charge in [0.05, 0.1) is 16.5 Å². The number of sulfonamides is 1. The Kier molecular flexibility index (Phi) is 6.95. The fourth-order valence-corrected chi connectivity index (χ4v) is 3.98. The summed E-state index contributed by atoms with van der Waals surface area (Å²) in [4.78, 5) is 12.7. The second-order valence-electron chi connectivity index (χ2n) is 6.97. The lowest BCUT2D eigenvalue weighted by Crippen LogP contribution is -2.45. The molecule has 0 saturated heterocycles. The van der Waals surface area contributed by atoms with Crippen molar-refractivity contribution >= 4 is 16.0 Å². The van der Waals surface area contributed by atoms with Crippen LogP contribution in [-0.4, -0.2) is 20.4 Å². The van der Waals surface area contributed by atoms with Gasteiger partial charge in [0.1, 0.15) is 12.6 Å². The van der Waals surface area contributed by atoms with E-state index in [9.17, 15) is 13.2 Å². The van der Waals surface area contributed by atoms with Gasteiger partial charge < -0.3 is 4.74 Å². The van der Waals surface area contributed by atoms with E-state index in [1.54, 1.807) is 50.2 Å². The molecule has 0 heterocycles. The molecule has 0 aliphatic rings. The third-order valence-corrected chi connectivity index (χ3v) is 5.94. The molecule has 2 aromatic rings. The van der Waals surface area contributed by atoms with Crippen LogP contribution in [0, 0.1) is 31.1 Å². The number of carbonyl (C=O) groups is 1. The summed E-state index contributed by atoms with van der Waals surface area (Å²) < 4.78 is 33.2. The molecule has 2 aromatic carbocycles. The zero-order valence-electron chi connectivity index (χ0n) is 16.4. The third kappa shape index (κ3) is 5.18. The molecule has 0 bridgehead atoms. The van der Waals surface area contributed by atoms with Crippen LogP contribution in [0.4, 0.5) is 0 Å². The van der Waals surface area contributed by atoms with E-state index in [0.717, 1.165) is 11.1 Å². The maximum atomic E-state index is 12.7. The van der Waals surface area contributed by atoms with Crippen LogP contribution < -0.4 is 4.72 Å². The van der Waals surface area contributed by atoms with Gasteiger partial charge in [-0.3, -0.25) is 4.79 Å². The smallest absolute Gasteiger partial charge is 0.324 e. The van der Waals surface area contributed by atoms with E-state index in [4.69, 9.17) is 10.00 Å². The normalized spacial score (nSPS) is 12.4. The summed E-state index contributed by atoms with van der Waals surface area (Å²) in [5.41, 5.74) is 2.81. The topological polar surface area (TPSA) is 96.3 Å². The van der Waals surface area contributed by atoms with Crippen LogP contribution in [0.2, 0.25) is 0 Å². The largest absolute Gasteiger partial charge is 0.460 e. The van der Waals surface area contributed by atoms with Gasteiger partial charge in [-0.05, 0) is 49.1 Å². The lowest BCUT2D eigenvalue weighted by molar-refractivity contribution is -0.148. The van der Waals surface area contributed by atoms with Gasteiger partial charge in [-0.25, -0.2) is 8.42 Å². The average Bonchev–Trinajstić information content (AvgIpc) is 2.66. The lowest BCUT2D eigenvalue weighted by atomic mass is 10.1. The quantitative estimate of drug-likeness (QED) is 0.720. The first-order valence-electron chi connectivity index (χ1n) is 8.90. The molecule has 0 amide bonds. The van der Waals surface area contributed by atoms with Gasteiger partial charge in [0.25, 0.3) is 0 Å². The molecule has 28 heavy (non-hydrogen) atoms. The van der Waals surface area contributed by atoms with E-state index in [2.05, 4.69) is 4.72 Å². The van der Waals surface area contributed by atoms with Crippen LogP contribution in [0.5, 0.6) is 0 Å². The summed E-state index contributed by atoms with van der Waals surface area (Å²) in [6.45, 7) is 7.09. The fourth-order valence-electron chi connectivity index (χ4n) is 2.57. The van der Waals surface area contributed by atoms with Gasteiger partial charge in [-0.2, -0.15) is 9.98 Å². The first-order valence-corrected chi connectivity index (χ1v) is 10.4. The Hall–Kier alpha value is -2.69. The molecule has 1 atom stereocenters. The van der Waals surface area contributed by atoms with Gasteiger partial charge in [0.2, 0.25) is 10.0 Å². The number of rotatable bonds is 7. The minimum absolute atomic E-state index is 0.100. The predicted octanol–water partition coefficient (Wildman–Crippen LogP) is 3.22. The van der Waals surface area contributed by atoms with E-state index in [1.165, 1.54) is 6.07 Å². The van der Waals surface area contributed by atoms with Gasteiger partial charge in [0, 0.05) is 5.56 Å². The molecular formula is C21H24N2O4S. The number of benzene rings is 2. The van der Waals surface area contributed by atoms with Gasteiger partial charge >= 0.3 is 5.97 Å². The van der Waals surface area contributed by atoms with E-state index in [-0.39, 0.29) is 17.4 Å². The molecule has 0 fully saturated rings. The minimum Gasteiger partial charge on any atom is -0.460 e. The van der Waals surface area contributed by atoms with Crippen molar-refractivity contribution in [3.63, 3.8) is 0 Å². The summed E-state index contributed by atoms with van der Waals surface area (Å²) in [5, 5.41) is 9.12. The SMILES string of the molecule is Cc1ccc(S(=O)(=O)N[C@H](C(=O)OCc2ccccc2C#N)C(C)C)cc1C. The van der Waals surface area contributed by atoms with E-state index >= 15 is 0 Å².